The van der Waals surface area contributed by atoms with E-state index in [0.29, 0.717) is 0 Å². The predicted molar refractivity (Wildman–Crippen MR) is 56.2 cm³/mol. The molecule has 2 N–H and O–H groups in total. The summed E-state index contributed by atoms with van der Waals surface area (Å²) in [5.74, 6) is -1.23. The van der Waals surface area contributed by atoms with Crippen molar-refractivity contribution >= 4 is 11.8 Å². The van der Waals surface area contributed by atoms with Gasteiger partial charge in [-0.3, -0.25) is 4.79 Å². The molecule has 1 aromatic carbocycles. The normalized spacial score (nSPS) is 23.9. The van der Waals surface area contributed by atoms with Crippen molar-refractivity contribution in [1.82, 2.24) is 0 Å². The van der Waals surface area contributed by atoms with Gasteiger partial charge < -0.3 is 10.3 Å². The van der Waals surface area contributed by atoms with Crippen molar-refractivity contribution in [3.8, 4) is 0 Å². The average molecular weight is 237 g/mol. The summed E-state index contributed by atoms with van der Waals surface area (Å²) in [4.78, 5) is 26.6. The molecular weight excluding hydrogens is 226 g/mol. The highest BCUT2D eigenvalue weighted by molar-refractivity contribution is 5.87. The first-order valence-corrected chi connectivity index (χ1v) is 5.09. The van der Waals surface area contributed by atoms with Crippen molar-refractivity contribution in [3.63, 3.8) is 0 Å². The SMILES string of the molecule is O=C(O)c1ccc(CC2C(=O)CO[NH+]2[O-])cc1. The molecule has 1 aromatic rings. The summed E-state index contributed by atoms with van der Waals surface area (Å²) in [5, 5.41) is 19.4. The third-order valence-electron chi connectivity index (χ3n) is 2.67. The van der Waals surface area contributed by atoms with Crippen LogP contribution in [0.3, 0.4) is 0 Å². The maximum atomic E-state index is 11.3. The largest absolute Gasteiger partial charge is 0.599 e. The summed E-state index contributed by atoms with van der Waals surface area (Å²) >= 11 is 0. The Bertz CT molecular complexity index is 442. The highest BCUT2D eigenvalue weighted by Crippen LogP contribution is 2.08. The minimum atomic E-state index is -1.01. The molecule has 1 aliphatic heterocycles. The van der Waals surface area contributed by atoms with Gasteiger partial charge in [0.1, 0.15) is 0 Å². The third kappa shape index (κ3) is 2.50. The van der Waals surface area contributed by atoms with Crippen LogP contribution in [0.25, 0.3) is 0 Å². The lowest BCUT2D eigenvalue weighted by Crippen LogP contribution is -3.08. The lowest BCUT2D eigenvalue weighted by Gasteiger charge is -2.18. The van der Waals surface area contributed by atoms with Crippen LogP contribution in [-0.4, -0.2) is 29.5 Å². The smallest absolute Gasteiger partial charge is 0.335 e. The molecule has 1 aliphatic rings. The van der Waals surface area contributed by atoms with Crippen molar-refractivity contribution < 1.29 is 24.8 Å². The van der Waals surface area contributed by atoms with Gasteiger partial charge in [0.15, 0.2) is 12.6 Å². The van der Waals surface area contributed by atoms with Gasteiger partial charge in [-0.25, -0.2) is 10.0 Å². The monoisotopic (exact) mass is 237 g/mol. The minimum Gasteiger partial charge on any atom is -0.599 e. The minimum absolute atomic E-state index is 0.156. The molecule has 0 saturated carbocycles. The van der Waals surface area contributed by atoms with E-state index < -0.39 is 17.2 Å². The molecule has 0 spiro atoms. The maximum Gasteiger partial charge on any atom is 0.335 e. The van der Waals surface area contributed by atoms with Crippen molar-refractivity contribution in [2.75, 3.05) is 6.61 Å². The second kappa shape index (κ2) is 4.62. The Morgan fingerprint density at radius 2 is 2.12 bits per heavy atom. The molecule has 2 unspecified atom stereocenters. The summed E-state index contributed by atoms with van der Waals surface area (Å²) < 4.78 is 0. The Kier molecular flexibility index (Phi) is 3.19. The van der Waals surface area contributed by atoms with E-state index in [-0.39, 0.29) is 24.4 Å². The molecular formula is C11H11NO5. The number of hydrogen-bond donors (Lipinski definition) is 2. The Morgan fingerprint density at radius 3 is 2.59 bits per heavy atom. The van der Waals surface area contributed by atoms with Crippen LogP contribution in [0.5, 0.6) is 0 Å². The molecule has 1 heterocycles. The Labute approximate surface area is 96.9 Å². The fourth-order valence-corrected chi connectivity index (χ4v) is 1.69. The molecule has 0 amide bonds. The number of quaternary nitrogens is 1. The van der Waals surface area contributed by atoms with Gasteiger partial charge in [-0.1, -0.05) is 12.1 Å². The number of Topliss-reactive ketones (excluding diaryl/α,β-unsaturated/α-hetero) is 1. The fourth-order valence-electron chi connectivity index (χ4n) is 1.69. The van der Waals surface area contributed by atoms with E-state index in [1.165, 1.54) is 12.1 Å². The van der Waals surface area contributed by atoms with E-state index in [1.807, 2.05) is 0 Å². The summed E-state index contributed by atoms with van der Waals surface area (Å²) in [6.07, 6.45) is 0.261. The zero-order valence-corrected chi connectivity index (χ0v) is 8.88. The number of carbonyl (C=O) groups is 2. The summed E-state index contributed by atoms with van der Waals surface area (Å²) in [6, 6.07) is 5.35. The number of nitrogens with one attached hydrogen (secondary N) is 1. The molecule has 6 heteroatoms. The fraction of sp³-hybridized carbons (Fsp3) is 0.273. The number of ketones is 1. The molecule has 2 rings (SSSR count). The molecule has 0 aromatic heterocycles. The number of hydrogen-bond acceptors (Lipinski definition) is 4. The number of carbonyl (C=O) groups excluding carboxylic acids is 1. The van der Waals surface area contributed by atoms with Gasteiger partial charge in [-0.05, 0) is 17.7 Å². The Morgan fingerprint density at radius 1 is 1.47 bits per heavy atom. The number of hydroxylamine groups is 2. The van der Waals surface area contributed by atoms with Crippen molar-refractivity contribution in [1.29, 1.82) is 0 Å². The second-order valence-corrected chi connectivity index (χ2v) is 3.83. The lowest BCUT2D eigenvalue weighted by atomic mass is 10.0. The maximum absolute atomic E-state index is 11.3. The number of carboxylic acid groups (broad SMARTS) is 1. The topological polar surface area (TPSA) is 91.1 Å². The second-order valence-electron chi connectivity index (χ2n) is 3.83. The molecule has 2 atom stereocenters. The van der Waals surface area contributed by atoms with E-state index in [2.05, 4.69) is 4.84 Å². The van der Waals surface area contributed by atoms with Gasteiger partial charge in [-0.15, -0.1) is 0 Å². The molecule has 90 valence electrons. The van der Waals surface area contributed by atoms with E-state index in [0.717, 1.165) is 5.56 Å². The first-order chi connectivity index (χ1) is 8.08. The third-order valence-corrected chi connectivity index (χ3v) is 2.67. The van der Waals surface area contributed by atoms with E-state index >= 15 is 0 Å². The zero-order valence-electron chi connectivity index (χ0n) is 8.88. The first kappa shape index (κ1) is 11.7. The average Bonchev–Trinajstić information content (AvgIpc) is 2.61. The zero-order chi connectivity index (χ0) is 12.4. The van der Waals surface area contributed by atoms with Gasteiger partial charge in [0.2, 0.25) is 5.78 Å². The van der Waals surface area contributed by atoms with Crippen LogP contribution in [0.1, 0.15) is 15.9 Å². The summed E-state index contributed by atoms with van der Waals surface area (Å²) in [7, 11) is 0. The molecule has 1 fully saturated rings. The Balaban J connectivity index is 2.08. The van der Waals surface area contributed by atoms with Gasteiger partial charge >= 0.3 is 5.97 Å². The van der Waals surface area contributed by atoms with Crippen LogP contribution in [-0.2, 0) is 16.1 Å². The Hall–Kier alpha value is -1.76. The van der Waals surface area contributed by atoms with Crippen molar-refractivity contribution in [3.05, 3.63) is 40.6 Å². The van der Waals surface area contributed by atoms with Crippen molar-refractivity contribution in [2.24, 2.45) is 0 Å². The van der Waals surface area contributed by atoms with Gasteiger partial charge in [0.25, 0.3) is 0 Å². The van der Waals surface area contributed by atoms with Gasteiger partial charge in [0, 0.05) is 6.42 Å². The van der Waals surface area contributed by atoms with Crippen LogP contribution in [0, 0.1) is 5.21 Å². The standard InChI is InChI=1S/C11H11NO5/c13-10-6-17-12(16)9(10)5-7-1-3-8(4-2-7)11(14)15/h1-4,9,12H,5-6H2,(H,14,15). The molecule has 0 aliphatic carbocycles. The highest BCUT2D eigenvalue weighted by Gasteiger charge is 2.33. The quantitative estimate of drug-likeness (QED) is 0.671. The molecule has 17 heavy (non-hydrogen) atoms. The van der Waals surface area contributed by atoms with E-state index in [9.17, 15) is 14.8 Å². The van der Waals surface area contributed by atoms with Gasteiger partial charge in [0.05, 0.1) is 5.56 Å². The van der Waals surface area contributed by atoms with Crippen LogP contribution in [0.15, 0.2) is 24.3 Å². The predicted octanol–water partition coefficient (Wildman–Crippen LogP) is -0.807. The molecule has 0 radical (unpaired) electrons. The van der Waals surface area contributed by atoms with Crippen LogP contribution >= 0.6 is 0 Å². The molecule has 1 saturated heterocycles. The lowest BCUT2D eigenvalue weighted by molar-refractivity contribution is -1.05. The number of aromatic carboxylic acids is 1. The highest BCUT2D eigenvalue weighted by atomic mass is 16.9. The van der Waals surface area contributed by atoms with Crippen LogP contribution in [0.2, 0.25) is 0 Å². The summed E-state index contributed by atoms with van der Waals surface area (Å²) in [6.45, 7) is -0.156. The van der Waals surface area contributed by atoms with Crippen LogP contribution in [0.4, 0.5) is 0 Å². The summed E-state index contributed by atoms with van der Waals surface area (Å²) in [5.41, 5.74) is 0.918. The van der Waals surface area contributed by atoms with E-state index in [4.69, 9.17) is 5.11 Å². The van der Waals surface area contributed by atoms with E-state index in [1.54, 1.807) is 12.1 Å². The van der Waals surface area contributed by atoms with Crippen LogP contribution < -0.4 is 5.23 Å². The van der Waals surface area contributed by atoms with Gasteiger partial charge in [-0.2, -0.15) is 4.84 Å². The first-order valence-electron chi connectivity index (χ1n) is 5.09. The molecule has 0 bridgehead atoms. The number of rotatable bonds is 3. The van der Waals surface area contributed by atoms with Crippen molar-refractivity contribution in [2.45, 2.75) is 12.5 Å². The number of carboxylic acids is 1. The molecule has 6 nitrogen and oxygen atoms in total. The number of benzene rings is 1.